The predicted octanol–water partition coefficient (Wildman–Crippen LogP) is 2.94. The molecule has 5 heteroatoms. The molecule has 18 heavy (non-hydrogen) atoms. The van der Waals surface area contributed by atoms with E-state index in [1.54, 1.807) is 7.11 Å². The molecule has 2 rings (SSSR count). The fourth-order valence-corrected chi connectivity index (χ4v) is 2.92. The highest BCUT2D eigenvalue weighted by atomic mass is 79.9. The summed E-state index contributed by atoms with van der Waals surface area (Å²) in [4.78, 5) is 2.40. The van der Waals surface area contributed by atoms with Gasteiger partial charge in [0.25, 0.3) is 0 Å². The first kappa shape index (κ1) is 14.1. The third kappa shape index (κ3) is 3.38. The van der Waals surface area contributed by atoms with Crippen molar-refractivity contribution in [1.29, 1.82) is 0 Å². The van der Waals surface area contributed by atoms with Crippen molar-refractivity contribution in [2.75, 3.05) is 32.2 Å². The second-order valence-corrected chi connectivity index (χ2v) is 5.39. The Kier molecular flexibility index (Phi) is 5.30. The molecule has 1 heterocycles. The van der Waals surface area contributed by atoms with Crippen molar-refractivity contribution in [3.8, 4) is 5.75 Å². The van der Waals surface area contributed by atoms with Crippen LogP contribution in [0.25, 0.3) is 0 Å². The van der Waals surface area contributed by atoms with Crippen LogP contribution < -0.4 is 4.74 Å². The number of alkyl halides is 1. The Morgan fingerprint density at radius 2 is 2.39 bits per heavy atom. The maximum Gasteiger partial charge on any atom is 0.123 e. The SMILES string of the molecule is COc1ccc(Cl)cc1CN1CCOCC1CBr. The normalized spacial score (nSPS) is 20.9. The summed E-state index contributed by atoms with van der Waals surface area (Å²) in [5, 5.41) is 1.66. The second kappa shape index (κ2) is 6.75. The van der Waals surface area contributed by atoms with Gasteiger partial charge >= 0.3 is 0 Å². The molecule has 0 spiro atoms. The van der Waals surface area contributed by atoms with Crippen LogP contribution in [0.2, 0.25) is 5.02 Å². The van der Waals surface area contributed by atoms with Crippen LogP contribution in [-0.2, 0) is 11.3 Å². The summed E-state index contributed by atoms with van der Waals surface area (Å²) in [5.74, 6) is 0.888. The van der Waals surface area contributed by atoms with Gasteiger partial charge in [0, 0.05) is 35.0 Å². The summed E-state index contributed by atoms with van der Waals surface area (Å²) in [7, 11) is 1.69. The van der Waals surface area contributed by atoms with E-state index in [4.69, 9.17) is 21.1 Å². The third-order valence-corrected chi connectivity index (χ3v) is 4.13. The molecule has 1 aliphatic rings. The number of hydrogen-bond donors (Lipinski definition) is 0. The highest BCUT2D eigenvalue weighted by Gasteiger charge is 2.23. The predicted molar refractivity (Wildman–Crippen MR) is 76.8 cm³/mol. The summed E-state index contributed by atoms with van der Waals surface area (Å²) in [6.45, 7) is 3.33. The molecule has 0 radical (unpaired) electrons. The number of hydrogen-bond acceptors (Lipinski definition) is 3. The van der Waals surface area contributed by atoms with E-state index in [9.17, 15) is 0 Å². The highest BCUT2D eigenvalue weighted by molar-refractivity contribution is 9.09. The van der Waals surface area contributed by atoms with E-state index in [0.29, 0.717) is 6.04 Å². The minimum absolute atomic E-state index is 0.405. The average Bonchev–Trinajstić information content (AvgIpc) is 2.40. The van der Waals surface area contributed by atoms with Crippen LogP contribution in [0, 0.1) is 0 Å². The number of morpholine rings is 1. The zero-order chi connectivity index (χ0) is 13.0. The molecule has 0 aliphatic carbocycles. The van der Waals surface area contributed by atoms with Gasteiger partial charge in [0.15, 0.2) is 0 Å². The lowest BCUT2D eigenvalue weighted by molar-refractivity contribution is -0.00239. The van der Waals surface area contributed by atoms with E-state index in [0.717, 1.165) is 48.0 Å². The molecule has 1 atom stereocenters. The molecule has 1 fully saturated rings. The molecule has 0 bridgehead atoms. The number of nitrogens with zero attached hydrogens (tertiary/aromatic N) is 1. The van der Waals surface area contributed by atoms with Gasteiger partial charge < -0.3 is 9.47 Å². The standard InChI is InChI=1S/C13H17BrClNO2/c1-17-13-3-2-11(15)6-10(13)8-16-4-5-18-9-12(16)7-14/h2-3,6,12H,4-5,7-9H2,1H3. The zero-order valence-electron chi connectivity index (χ0n) is 10.4. The summed E-state index contributed by atoms with van der Waals surface area (Å²) < 4.78 is 10.9. The van der Waals surface area contributed by atoms with Gasteiger partial charge in [-0.3, -0.25) is 4.90 Å². The molecule has 1 aromatic rings. The molecule has 1 unspecified atom stereocenters. The summed E-state index contributed by atoms with van der Waals surface area (Å²) in [6, 6.07) is 6.15. The Labute approximate surface area is 121 Å². The first-order valence-electron chi connectivity index (χ1n) is 5.94. The lowest BCUT2D eigenvalue weighted by Crippen LogP contribution is -2.45. The minimum Gasteiger partial charge on any atom is -0.496 e. The smallest absolute Gasteiger partial charge is 0.123 e. The number of rotatable bonds is 4. The van der Waals surface area contributed by atoms with Crippen LogP contribution in [-0.4, -0.2) is 43.1 Å². The van der Waals surface area contributed by atoms with Gasteiger partial charge in [0.2, 0.25) is 0 Å². The zero-order valence-corrected chi connectivity index (χ0v) is 12.7. The largest absolute Gasteiger partial charge is 0.496 e. The fraction of sp³-hybridized carbons (Fsp3) is 0.538. The van der Waals surface area contributed by atoms with Crippen LogP contribution in [0.5, 0.6) is 5.75 Å². The van der Waals surface area contributed by atoms with E-state index < -0.39 is 0 Å². The number of halogens is 2. The fourth-order valence-electron chi connectivity index (χ4n) is 2.13. The first-order valence-corrected chi connectivity index (χ1v) is 7.44. The van der Waals surface area contributed by atoms with Crippen molar-refractivity contribution in [3.63, 3.8) is 0 Å². The van der Waals surface area contributed by atoms with Crippen LogP contribution in [0.15, 0.2) is 18.2 Å². The molecule has 1 saturated heterocycles. The maximum absolute atomic E-state index is 6.05. The lowest BCUT2D eigenvalue weighted by Gasteiger charge is -2.34. The Hall–Kier alpha value is -0.290. The summed E-state index contributed by atoms with van der Waals surface area (Å²) in [5.41, 5.74) is 1.12. The molecule has 1 aromatic carbocycles. The van der Waals surface area contributed by atoms with Crippen molar-refractivity contribution >= 4 is 27.5 Å². The monoisotopic (exact) mass is 333 g/mol. The van der Waals surface area contributed by atoms with Crippen molar-refractivity contribution in [1.82, 2.24) is 4.90 Å². The molecule has 3 nitrogen and oxygen atoms in total. The van der Waals surface area contributed by atoms with Gasteiger partial charge in [0.05, 0.1) is 20.3 Å². The number of methoxy groups -OCH3 is 1. The van der Waals surface area contributed by atoms with Gasteiger partial charge in [-0.1, -0.05) is 27.5 Å². The lowest BCUT2D eigenvalue weighted by atomic mass is 10.1. The molecular weight excluding hydrogens is 318 g/mol. The summed E-state index contributed by atoms with van der Waals surface area (Å²) in [6.07, 6.45) is 0. The van der Waals surface area contributed by atoms with Gasteiger partial charge in [-0.2, -0.15) is 0 Å². The Morgan fingerprint density at radius 3 is 3.11 bits per heavy atom. The van der Waals surface area contributed by atoms with Crippen LogP contribution in [0.3, 0.4) is 0 Å². The van der Waals surface area contributed by atoms with Gasteiger partial charge in [-0.15, -0.1) is 0 Å². The maximum atomic E-state index is 6.05. The van der Waals surface area contributed by atoms with E-state index in [-0.39, 0.29) is 0 Å². The number of benzene rings is 1. The van der Waals surface area contributed by atoms with E-state index >= 15 is 0 Å². The topological polar surface area (TPSA) is 21.7 Å². The van der Waals surface area contributed by atoms with Crippen molar-refractivity contribution in [2.45, 2.75) is 12.6 Å². The molecule has 100 valence electrons. The van der Waals surface area contributed by atoms with Gasteiger partial charge in [0.1, 0.15) is 5.75 Å². The average molecular weight is 335 g/mol. The van der Waals surface area contributed by atoms with Gasteiger partial charge in [-0.05, 0) is 18.2 Å². The second-order valence-electron chi connectivity index (χ2n) is 4.31. The Bertz CT molecular complexity index is 403. The van der Waals surface area contributed by atoms with Crippen molar-refractivity contribution in [3.05, 3.63) is 28.8 Å². The molecular formula is C13H17BrClNO2. The van der Waals surface area contributed by atoms with E-state index in [1.165, 1.54) is 0 Å². The van der Waals surface area contributed by atoms with Gasteiger partial charge in [-0.25, -0.2) is 0 Å². The molecule has 0 amide bonds. The van der Waals surface area contributed by atoms with E-state index in [2.05, 4.69) is 20.8 Å². The Morgan fingerprint density at radius 1 is 1.56 bits per heavy atom. The highest BCUT2D eigenvalue weighted by Crippen LogP contribution is 2.25. The summed E-state index contributed by atoms with van der Waals surface area (Å²) >= 11 is 9.59. The molecule has 1 aliphatic heterocycles. The first-order chi connectivity index (χ1) is 8.74. The van der Waals surface area contributed by atoms with Crippen LogP contribution in [0.1, 0.15) is 5.56 Å². The van der Waals surface area contributed by atoms with Crippen LogP contribution >= 0.6 is 27.5 Å². The minimum atomic E-state index is 0.405. The quantitative estimate of drug-likeness (QED) is 0.790. The number of ether oxygens (including phenoxy) is 2. The van der Waals surface area contributed by atoms with Crippen molar-refractivity contribution in [2.24, 2.45) is 0 Å². The molecule has 0 N–H and O–H groups in total. The van der Waals surface area contributed by atoms with Crippen LogP contribution in [0.4, 0.5) is 0 Å². The third-order valence-electron chi connectivity index (χ3n) is 3.14. The molecule has 0 aromatic heterocycles. The van der Waals surface area contributed by atoms with Crippen molar-refractivity contribution < 1.29 is 9.47 Å². The Balaban J connectivity index is 2.14. The van der Waals surface area contributed by atoms with E-state index in [1.807, 2.05) is 18.2 Å². The molecule has 0 saturated carbocycles.